The van der Waals surface area contributed by atoms with Crippen molar-refractivity contribution in [2.45, 2.75) is 50.7 Å². The Bertz CT molecular complexity index is 376. The summed E-state index contributed by atoms with van der Waals surface area (Å²) in [6.45, 7) is 3.26. The average Bonchev–Trinajstić information content (AvgIpc) is 2.37. The van der Waals surface area contributed by atoms with Crippen molar-refractivity contribution < 1.29 is 0 Å². The first-order valence-electron chi connectivity index (χ1n) is 7.71. The number of guanidine groups is 1. The lowest BCUT2D eigenvalue weighted by Gasteiger charge is -2.34. The van der Waals surface area contributed by atoms with Crippen LogP contribution in [0.2, 0.25) is 0 Å². The summed E-state index contributed by atoms with van der Waals surface area (Å²) in [6, 6.07) is 0.429. The quantitative estimate of drug-likeness (QED) is 0.724. The Balaban J connectivity index is 1.95. The first kappa shape index (κ1) is 15.3. The minimum Gasteiger partial charge on any atom is -0.335 e. The number of hydrogen-bond donors (Lipinski definition) is 3. The lowest BCUT2D eigenvalue weighted by atomic mass is 9.87. The second-order valence-electron chi connectivity index (χ2n) is 6.60. The van der Waals surface area contributed by atoms with Crippen LogP contribution in [-0.2, 0) is 0 Å². The van der Waals surface area contributed by atoms with Gasteiger partial charge in [0, 0.05) is 19.2 Å². The number of hydrogen-bond acceptors (Lipinski definition) is 3. The summed E-state index contributed by atoms with van der Waals surface area (Å²) in [5, 5.41) is 6.54. The molecule has 3 atom stereocenters. The Labute approximate surface area is 122 Å². The molecular weight excluding hydrogens is 250 g/mol. The molecule has 3 unspecified atom stereocenters. The lowest BCUT2D eigenvalue weighted by Crippen LogP contribution is -2.61. The van der Waals surface area contributed by atoms with Crippen LogP contribution in [0.5, 0.6) is 0 Å². The van der Waals surface area contributed by atoms with Gasteiger partial charge < -0.3 is 21.3 Å². The maximum absolute atomic E-state index is 6.38. The van der Waals surface area contributed by atoms with Crippen molar-refractivity contribution in [1.82, 2.24) is 15.5 Å². The largest absolute Gasteiger partial charge is 0.335 e. The molecular formula is C15H29N5. The number of rotatable bonds is 4. The minimum atomic E-state index is -0.491. The molecule has 0 aromatic carbocycles. The predicted molar refractivity (Wildman–Crippen MR) is 84.4 cm³/mol. The van der Waals surface area contributed by atoms with E-state index in [1.54, 1.807) is 0 Å². The summed E-state index contributed by atoms with van der Waals surface area (Å²) in [6.07, 6.45) is 9.76. The molecule has 114 valence electrons. The summed E-state index contributed by atoms with van der Waals surface area (Å²) < 4.78 is 0. The van der Waals surface area contributed by atoms with E-state index in [1.807, 2.05) is 12.3 Å². The molecule has 1 fully saturated rings. The highest BCUT2D eigenvalue weighted by Gasteiger charge is 2.27. The van der Waals surface area contributed by atoms with Crippen LogP contribution in [0.4, 0.5) is 0 Å². The van der Waals surface area contributed by atoms with Crippen molar-refractivity contribution in [3.05, 3.63) is 12.3 Å². The Morgan fingerprint density at radius 3 is 2.95 bits per heavy atom. The molecule has 1 aliphatic heterocycles. The third-order valence-corrected chi connectivity index (χ3v) is 4.15. The minimum absolute atomic E-state index is 0.429. The normalized spacial score (nSPS) is 36.0. The smallest absolute Gasteiger partial charge is 0.197 e. The van der Waals surface area contributed by atoms with E-state index in [1.165, 1.54) is 25.7 Å². The van der Waals surface area contributed by atoms with Gasteiger partial charge in [-0.3, -0.25) is 0 Å². The van der Waals surface area contributed by atoms with Crippen molar-refractivity contribution in [3.63, 3.8) is 0 Å². The summed E-state index contributed by atoms with van der Waals surface area (Å²) in [5.41, 5.74) is 5.89. The maximum Gasteiger partial charge on any atom is 0.197 e. The molecule has 5 heteroatoms. The third-order valence-electron chi connectivity index (χ3n) is 4.15. The molecule has 0 spiro atoms. The van der Waals surface area contributed by atoms with Crippen molar-refractivity contribution in [2.75, 3.05) is 20.6 Å². The van der Waals surface area contributed by atoms with Crippen LogP contribution in [0.25, 0.3) is 0 Å². The van der Waals surface area contributed by atoms with Crippen LogP contribution in [0.3, 0.4) is 0 Å². The number of aliphatic imine (C=N–C) groups is 1. The average molecular weight is 279 g/mol. The number of nitrogens with one attached hydrogen (secondary N) is 2. The Hall–Kier alpha value is -1.07. The summed E-state index contributed by atoms with van der Waals surface area (Å²) >= 11 is 0. The van der Waals surface area contributed by atoms with Crippen molar-refractivity contribution >= 4 is 5.96 Å². The van der Waals surface area contributed by atoms with E-state index in [0.717, 1.165) is 24.8 Å². The highest BCUT2D eigenvalue weighted by atomic mass is 15.3. The van der Waals surface area contributed by atoms with Gasteiger partial charge in [0.25, 0.3) is 0 Å². The summed E-state index contributed by atoms with van der Waals surface area (Å²) in [7, 11) is 4.12. The molecule has 0 amide bonds. The molecule has 0 bridgehead atoms. The highest BCUT2D eigenvalue weighted by molar-refractivity contribution is 5.83. The van der Waals surface area contributed by atoms with Crippen molar-refractivity contribution in [3.8, 4) is 0 Å². The van der Waals surface area contributed by atoms with E-state index in [2.05, 4.69) is 36.6 Å². The molecule has 1 aliphatic carbocycles. The van der Waals surface area contributed by atoms with E-state index in [9.17, 15) is 0 Å². The van der Waals surface area contributed by atoms with E-state index < -0.39 is 5.66 Å². The van der Waals surface area contributed by atoms with Crippen LogP contribution in [0.1, 0.15) is 39.0 Å². The number of nitrogens with two attached hydrogens (primary N) is 1. The molecule has 1 heterocycles. The van der Waals surface area contributed by atoms with Crippen LogP contribution < -0.4 is 16.4 Å². The highest BCUT2D eigenvalue weighted by Crippen LogP contribution is 2.25. The van der Waals surface area contributed by atoms with E-state index in [-0.39, 0.29) is 0 Å². The fourth-order valence-corrected chi connectivity index (χ4v) is 2.89. The fourth-order valence-electron chi connectivity index (χ4n) is 2.89. The predicted octanol–water partition coefficient (Wildman–Crippen LogP) is 1.23. The SMILES string of the molecule is CC1CCCC(N=C2NC=CC(N)(CCN(C)C)N2)C1. The van der Waals surface area contributed by atoms with E-state index >= 15 is 0 Å². The van der Waals surface area contributed by atoms with Gasteiger partial charge in [0.15, 0.2) is 5.96 Å². The molecule has 0 saturated heterocycles. The van der Waals surface area contributed by atoms with Crippen LogP contribution in [-0.4, -0.2) is 43.2 Å². The first-order chi connectivity index (χ1) is 9.47. The molecule has 1 saturated carbocycles. The van der Waals surface area contributed by atoms with Gasteiger partial charge in [-0.1, -0.05) is 19.8 Å². The van der Waals surface area contributed by atoms with Gasteiger partial charge in [0.05, 0.1) is 6.04 Å². The molecule has 0 radical (unpaired) electrons. The van der Waals surface area contributed by atoms with Crippen molar-refractivity contribution in [2.24, 2.45) is 16.6 Å². The Kier molecular flexibility index (Phi) is 5.05. The van der Waals surface area contributed by atoms with Gasteiger partial charge >= 0.3 is 0 Å². The Morgan fingerprint density at radius 1 is 1.45 bits per heavy atom. The van der Waals surface area contributed by atoms with Crippen LogP contribution in [0, 0.1) is 5.92 Å². The molecule has 4 N–H and O–H groups in total. The third kappa shape index (κ3) is 4.49. The zero-order valence-electron chi connectivity index (χ0n) is 13.0. The second-order valence-corrected chi connectivity index (χ2v) is 6.60. The zero-order chi connectivity index (χ0) is 14.6. The fraction of sp³-hybridized carbons (Fsp3) is 0.800. The monoisotopic (exact) mass is 279 g/mol. The van der Waals surface area contributed by atoms with Gasteiger partial charge in [0.2, 0.25) is 0 Å². The summed E-state index contributed by atoms with van der Waals surface area (Å²) in [4.78, 5) is 6.96. The molecule has 5 nitrogen and oxygen atoms in total. The Morgan fingerprint density at radius 2 is 2.25 bits per heavy atom. The molecule has 0 aromatic rings. The first-order valence-corrected chi connectivity index (χ1v) is 7.71. The van der Waals surface area contributed by atoms with Crippen molar-refractivity contribution in [1.29, 1.82) is 0 Å². The van der Waals surface area contributed by atoms with Gasteiger partial charge in [-0.2, -0.15) is 0 Å². The van der Waals surface area contributed by atoms with E-state index in [0.29, 0.717) is 6.04 Å². The van der Waals surface area contributed by atoms with E-state index in [4.69, 9.17) is 10.7 Å². The standard InChI is InChI=1S/C15H29N5/c1-12-5-4-6-13(11-12)18-14-17-9-7-15(16,19-14)8-10-20(2)3/h7,9,12-13H,4-6,8,10-11,16H2,1-3H3,(H2,17,18,19). The molecule has 20 heavy (non-hydrogen) atoms. The zero-order valence-corrected chi connectivity index (χ0v) is 13.0. The van der Waals surface area contributed by atoms with Gasteiger partial charge in [-0.25, -0.2) is 4.99 Å². The molecule has 2 aliphatic rings. The lowest BCUT2D eigenvalue weighted by molar-refractivity contribution is 0.328. The van der Waals surface area contributed by atoms with Crippen LogP contribution in [0.15, 0.2) is 17.3 Å². The van der Waals surface area contributed by atoms with Gasteiger partial charge in [-0.15, -0.1) is 0 Å². The molecule has 2 rings (SSSR count). The summed E-state index contributed by atoms with van der Waals surface area (Å²) in [5.74, 6) is 1.61. The topological polar surface area (TPSA) is 65.7 Å². The van der Waals surface area contributed by atoms with Gasteiger partial charge in [-0.05, 0) is 38.9 Å². The van der Waals surface area contributed by atoms with Crippen LogP contribution >= 0.6 is 0 Å². The number of nitrogens with zero attached hydrogens (tertiary/aromatic N) is 2. The second kappa shape index (κ2) is 6.59. The van der Waals surface area contributed by atoms with Gasteiger partial charge in [0.1, 0.15) is 5.66 Å². The molecule has 0 aromatic heterocycles. The maximum atomic E-state index is 6.38.